The normalized spacial score (nSPS) is 12.1. The Morgan fingerprint density at radius 1 is 0.871 bits per heavy atom. The zero-order valence-corrected chi connectivity index (χ0v) is 20.6. The van der Waals surface area contributed by atoms with E-state index >= 15 is 0 Å². The lowest BCUT2D eigenvalue weighted by atomic mass is 10.1. The third-order valence-electron chi connectivity index (χ3n) is 6.00. The van der Waals surface area contributed by atoms with Gasteiger partial charge in [-0.2, -0.15) is 0 Å². The molecule has 0 amide bonds. The van der Waals surface area contributed by atoms with E-state index < -0.39 is 0 Å². The summed E-state index contributed by atoms with van der Waals surface area (Å²) in [5, 5.41) is 0. The maximum Gasteiger partial charge on any atom is 0.124 e. The molecular weight excluding hydrogens is 382 g/mol. The summed E-state index contributed by atoms with van der Waals surface area (Å²) in [7, 11) is 0. The van der Waals surface area contributed by atoms with E-state index in [1.807, 2.05) is 0 Å². The van der Waals surface area contributed by atoms with Gasteiger partial charge in [-0.1, -0.05) is 63.8 Å². The Kier molecular flexibility index (Phi) is 10.8. The number of unbranched alkanes of at least 4 members (excludes halogenated alkanes) is 3. The number of aryl methyl sites for hydroxylation is 2. The van der Waals surface area contributed by atoms with Crippen molar-refractivity contribution in [1.82, 2.24) is 0 Å². The summed E-state index contributed by atoms with van der Waals surface area (Å²) in [6.45, 7) is 14.8. The van der Waals surface area contributed by atoms with Crippen molar-refractivity contribution in [2.75, 3.05) is 18.1 Å². The summed E-state index contributed by atoms with van der Waals surface area (Å²) < 4.78 is 12.5. The monoisotopic (exact) mass is 425 g/mol. The van der Waals surface area contributed by atoms with Gasteiger partial charge in [0.2, 0.25) is 0 Å². The van der Waals surface area contributed by atoms with Crippen LogP contribution in [0.15, 0.2) is 42.5 Å². The fourth-order valence-electron chi connectivity index (χ4n) is 3.78. The molecule has 0 aliphatic heterocycles. The van der Waals surface area contributed by atoms with Crippen LogP contribution in [-0.4, -0.2) is 25.3 Å². The Morgan fingerprint density at radius 2 is 1.58 bits per heavy atom. The van der Waals surface area contributed by atoms with E-state index in [4.69, 9.17) is 9.47 Å². The molecule has 3 nitrogen and oxygen atoms in total. The van der Waals surface area contributed by atoms with Crippen molar-refractivity contribution < 1.29 is 9.47 Å². The van der Waals surface area contributed by atoms with Gasteiger partial charge in [-0.15, -0.1) is 0 Å². The molecule has 0 aromatic heterocycles. The highest BCUT2D eigenvalue weighted by atomic mass is 16.5. The highest BCUT2D eigenvalue weighted by Crippen LogP contribution is 2.29. The molecule has 0 saturated heterocycles. The fourth-order valence-corrected chi connectivity index (χ4v) is 3.78. The molecule has 3 heteroatoms. The topological polar surface area (TPSA) is 21.7 Å². The third-order valence-corrected chi connectivity index (χ3v) is 6.00. The second-order valence-corrected chi connectivity index (χ2v) is 8.73. The van der Waals surface area contributed by atoms with Crippen molar-refractivity contribution in [2.24, 2.45) is 0 Å². The fraction of sp³-hybridized carbons (Fsp3) is 0.571. The van der Waals surface area contributed by atoms with Crippen LogP contribution < -0.4 is 14.4 Å². The molecule has 0 N–H and O–H groups in total. The maximum absolute atomic E-state index is 6.34. The van der Waals surface area contributed by atoms with Gasteiger partial charge in [0.15, 0.2) is 0 Å². The van der Waals surface area contributed by atoms with Gasteiger partial charge in [-0.05, 0) is 63.8 Å². The van der Waals surface area contributed by atoms with Crippen molar-refractivity contribution in [3.05, 3.63) is 53.6 Å². The minimum atomic E-state index is 0.270. The van der Waals surface area contributed by atoms with Crippen molar-refractivity contribution in [3.8, 4) is 11.5 Å². The Balaban J connectivity index is 2.16. The molecule has 31 heavy (non-hydrogen) atoms. The van der Waals surface area contributed by atoms with Gasteiger partial charge in [-0.25, -0.2) is 0 Å². The number of hydrogen-bond donors (Lipinski definition) is 0. The molecule has 2 aromatic carbocycles. The summed E-state index contributed by atoms with van der Waals surface area (Å²) >= 11 is 0. The van der Waals surface area contributed by atoms with Crippen molar-refractivity contribution >= 4 is 5.69 Å². The van der Waals surface area contributed by atoms with Crippen molar-refractivity contribution in [1.29, 1.82) is 0 Å². The van der Waals surface area contributed by atoms with Crippen LogP contribution in [0.25, 0.3) is 0 Å². The lowest BCUT2D eigenvalue weighted by molar-refractivity contribution is 0.191. The Morgan fingerprint density at radius 3 is 2.23 bits per heavy atom. The van der Waals surface area contributed by atoms with Crippen molar-refractivity contribution in [2.45, 2.75) is 92.2 Å². The van der Waals surface area contributed by atoms with E-state index in [0.717, 1.165) is 30.9 Å². The van der Waals surface area contributed by atoms with E-state index in [0.29, 0.717) is 6.61 Å². The molecule has 0 aliphatic rings. The smallest absolute Gasteiger partial charge is 0.124 e. The zero-order valence-electron chi connectivity index (χ0n) is 20.6. The first-order valence-electron chi connectivity index (χ1n) is 12.2. The number of rotatable bonds is 14. The highest BCUT2D eigenvalue weighted by Gasteiger charge is 2.18. The molecule has 1 atom stereocenters. The first-order chi connectivity index (χ1) is 15.0. The average molecular weight is 426 g/mol. The summed E-state index contributed by atoms with van der Waals surface area (Å²) in [6, 6.07) is 15.2. The summed E-state index contributed by atoms with van der Waals surface area (Å²) in [5.74, 6) is 1.95. The van der Waals surface area contributed by atoms with Gasteiger partial charge < -0.3 is 14.4 Å². The molecule has 0 aliphatic carbocycles. The van der Waals surface area contributed by atoms with Crippen molar-refractivity contribution in [3.63, 3.8) is 0 Å². The lowest BCUT2D eigenvalue weighted by Gasteiger charge is -2.32. The number of nitrogens with zero attached hydrogens (tertiary/aromatic N) is 1. The first kappa shape index (κ1) is 25.1. The maximum atomic E-state index is 6.34. The number of anilines is 1. The minimum absolute atomic E-state index is 0.270. The molecule has 2 aromatic rings. The molecule has 1 unspecified atom stereocenters. The summed E-state index contributed by atoms with van der Waals surface area (Å²) in [6.07, 6.45) is 7.34. The quantitative estimate of drug-likeness (QED) is 0.289. The van der Waals surface area contributed by atoms with Gasteiger partial charge in [0, 0.05) is 18.3 Å². The Labute approximate surface area is 190 Å². The van der Waals surface area contributed by atoms with E-state index in [1.54, 1.807) is 0 Å². The average Bonchev–Trinajstić information content (AvgIpc) is 2.78. The largest absolute Gasteiger partial charge is 0.491 e. The van der Waals surface area contributed by atoms with Crippen LogP contribution >= 0.6 is 0 Å². The molecule has 0 spiro atoms. The van der Waals surface area contributed by atoms with E-state index in [9.17, 15) is 0 Å². The molecule has 172 valence electrons. The highest BCUT2D eigenvalue weighted by molar-refractivity contribution is 5.54. The predicted molar refractivity (Wildman–Crippen MR) is 134 cm³/mol. The van der Waals surface area contributed by atoms with Crippen LogP contribution in [0.5, 0.6) is 11.5 Å². The Hall–Kier alpha value is -2.16. The minimum Gasteiger partial charge on any atom is -0.491 e. The van der Waals surface area contributed by atoms with Crippen LogP contribution in [0, 0.1) is 13.8 Å². The molecular formula is C28H43NO2. The van der Waals surface area contributed by atoms with Gasteiger partial charge >= 0.3 is 0 Å². The van der Waals surface area contributed by atoms with Crippen LogP contribution in [0.2, 0.25) is 0 Å². The first-order valence-corrected chi connectivity index (χ1v) is 12.2. The summed E-state index contributed by atoms with van der Waals surface area (Å²) in [5.41, 5.74) is 3.68. The Bertz CT molecular complexity index is 752. The second kappa shape index (κ2) is 13.3. The number of hydrogen-bond acceptors (Lipinski definition) is 3. The molecule has 0 radical (unpaired) electrons. The molecule has 0 fully saturated rings. The molecule has 0 heterocycles. The summed E-state index contributed by atoms with van der Waals surface area (Å²) in [4.78, 5) is 2.49. The molecule has 0 bridgehead atoms. The zero-order chi connectivity index (χ0) is 22.6. The van der Waals surface area contributed by atoms with Crippen LogP contribution in [-0.2, 0) is 0 Å². The molecule has 2 rings (SSSR count). The van der Waals surface area contributed by atoms with E-state index in [-0.39, 0.29) is 12.1 Å². The number of benzene rings is 2. The third kappa shape index (κ3) is 8.12. The predicted octanol–water partition coefficient (Wildman–Crippen LogP) is 7.73. The lowest BCUT2D eigenvalue weighted by Crippen LogP contribution is -2.38. The van der Waals surface area contributed by atoms with E-state index in [1.165, 1.54) is 42.5 Å². The van der Waals surface area contributed by atoms with Crippen LogP contribution in [0.3, 0.4) is 0 Å². The van der Waals surface area contributed by atoms with Gasteiger partial charge in [0.25, 0.3) is 0 Å². The number of ether oxygens (including phenoxy) is 2. The van der Waals surface area contributed by atoms with Gasteiger partial charge in [0.1, 0.15) is 18.1 Å². The van der Waals surface area contributed by atoms with Crippen LogP contribution in [0.4, 0.5) is 5.69 Å². The van der Waals surface area contributed by atoms with E-state index in [2.05, 4.69) is 88.9 Å². The molecule has 0 saturated carbocycles. The standard InChI is InChI=1S/C28H43NO2/c1-7-10-11-12-19-29(24(6)21-30-27-17-13-22(4)14-18-27)25-16-15-23(5)28(20-25)31-26(8-2)9-3/h13-18,20,24,26H,7-12,19,21H2,1-6H3. The second-order valence-electron chi connectivity index (χ2n) is 8.73. The SMILES string of the molecule is CCCCCCN(c1ccc(C)c(OC(CC)CC)c1)C(C)COc1ccc(C)cc1. The van der Waals surface area contributed by atoms with Crippen LogP contribution in [0.1, 0.15) is 77.3 Å². The van der Waals surface area contributed by atoms with Gasteiger partial charge in [0.05, 0.1) is 12.1 Å². The van der Waals surface area contributed by atoms with Gasteiger partial charge in [-0.3, -0.25) is 0 Å².